The number of anilines is 2. The standard InChI is InChI=1S/C21H27N3O3S/c1-15-3-5-19(6-4-15)24(16(2)25)21-22-18(14-28-21)13-23-9-7-17(8-10-23)20-26-11-12-27-20/h3-6,14,17,20H,7-13H2,1-2H3. The lowest BCUT2D eigenvalue weighted by Gasteiger charge is -2.33. The number of carbonyl (C=O) groups excluding carboxylic acids is 1. The van der Waals surface area contributed by atoms with Crippen molar-refractivity contribution in [3.63, 3.8) is 0 Å². The molecule has 1 aromatic heterocycles. The van der Waals surface area contributed by atoms with Crippen molar-refractivity contribution in [3.8, 4) is 0 Å². The van der Waals surface area contributed by atoms with Crippen molar-refractivity contribution < 1.29 is 14.3 Å². The van der Waals surface area contributed by atoms with Gasteiger partial charge in [0.25, 0.3) is 0 Å². The molecule has 0 radical (unpaired) electrons. The van der Waals surface area contributed by atoms with Crippen molar-refractivity contribution in [2.75, 3.05) is 31.2 Å². The maximum atomic E-state index is 12.2. The lowest BCUT2D eigenvalue weighted by Crippen LogP contribution is -2.37. The molecule has 2 fully saturated rings. The molecule has 3 heterocycles. The molecular formula is C21H27N3O3S. The van der Waals surface area contributed by atoms with Crippen LogP contribution in [0.1, 0.15) is 31.0 Å². The van der Waals surface area contributed by atoms with Gasteiger partial charge in [-0.3, -0.25) is 14.6 Å². The first-order valence-electron chi connectivity index (χ1n) is 9.87. The second-order valence-electron chi connectivity index (χ2n) is 7.53. The third-order valence-corrected chi connectivity index (χ3v) is 6.26. The molecule has 6 nitrogen and oxygen atoms in total. The van der Waals surface area contributed by atoms with Crippen molar-refractivity contribution in [2.24, 2.45) is 5.92 Å². The summed E-state index contributed by atoms with van der Waals surface area (Å²) in [6, 6.07) is 7.97. The van der Waals surface area contributed by atoms with Gasteiger partial charge in [-0.25, -0.2) is 4.98 Å². The van der Waals surface area contributed by atoms with Gasteiger partial charge in [0, 0.05) is 24.8 Å². The summed E-state index contributed by atoms with van der Waals surface area (Å²) in [5.74, 6) is 0.474. The average molecular weight is 402 g/mol. The summed E-state index contributed by atoms with van der Waals surface area (Å²) in [4.78, 5) is 21.1. The highest BCUT2D eigenvalue weighted by Gasteiger charge is 2.30. The maximum Gasteiger partial charge on any atom is 0.230 e. The Morgan fingerprint density at radius 1 is 1.21 bits per heavy atom. The third kappa shape index (κ3) is 4.43. The van der Waals surface area contributed by atoms with E-state index >= 15 is 0 Å². The van der Waals surface area contributed by atoms with Crippen LogP contribution < -0.4 is 4.90 Å². The Hall–Kier alpha value is -1.80. The molecule has 1 aromatic carbocycles. The van der Waals surface area contributed by atoms with Gasteiger partial charge in [-0.05, 0) is 45.0 Å². The first-order chi connectivity index (χ1) is 13.6. The van der Waals surface area contributed by atoms with Crippen LogP contribution in [0.25, 0.3) is 0 Å². The van der Waals surface area contributed by atoms with Crippen LogP contribution in [0.4, 0.5) is 10.8 Å². The van der Waals surface area contributed by atoms with E-state index in [-0.39, 0.29) is 12.2 Å². The molecule has 1 amide bonds. The number of hydrogen-bond donors (Lipinski definition) is 0. The fourth-order valence-electron chi connectivity index (χ4n) is 3.85. The minimum absolute atomic E-state index is 0.00772. The van der Waals surface area contributed by atoms with E-state index in [2.05, 4.69) is 10.3 Å². The lowest BCUT2D eigenvalue weighted by atomic mass is 9.96. The molecule has 0 saturated carbocycles. The predicted molar refractivity (Wildman–Crippen MR) is 110 cm³/mol. The predicted octanol–water partition coefficient (Wildman–Crippen LogP) is 3.72. The van der Waals surface area contributed by atoms with Gasteiger partial charge < -0.3 is 9.47 Å². The number of amides is 1. The van der Waals surface area contributed by atoms with Crippen molar-refractivity contribution in [1.82, 2.24) is 9.88 Å². The Bertz CT molecular complexity index is 793. The molecule has 0 spiro atoms. The van der Waals surface area contributed by atoms with Gasteiger partial charge in [-0.1, -0.05) is 17.7 Å². The number of aromatic nitrogens is 1. The molecule has 2 saturated heterocycles. The summed E-state index contributed by atoms with van der Waals surface area (Å²) in [5, 5.41) is 2.79. The molecule has 0 atom stereocenters. The maximum absolute atomic E-state index is 12.2. The van der Waals surface area contributed by atoms with Crippen molar-refractivity contribution in [1.29, 1.82) is 0 Å². The quantitative estimate of drug-likeness (QED) is 0.764. The van der Waals surface area contributed by atoms with Crippen LogP contribution in [0.2, 0.25) is 0 Å². The van der Waals surface area contributed by atoms with Crippen LogP contribution in [0.5, 0.6) is 0 Å². The van der Waals surface area contributed by atoms with E-state index < -0.39 is 0 Å². The Labute approximate surface area is 170 Å². The first kappa shape index (κ1) is 19.5. The van der Waals surface area contributed by atoms with E-state index in [0.717, 1.165) is 62.2 Å². The van der Waals surface area contributed by atoms with Crippen LogP contribution in [0, 0.1) is 12.8 Å². The summed E-state index contributed by atoms with van der Waals surface area (Å²) in [7, 11) is 0. The Kier molecular flexibility index (Phi) is 6.06. The van der Waals surface area contributed by atoms with E-state index in [0.29, 0.717) is 5.92 Å². The highest BCUT2D eigenvalue weighted by atomic mass is 32.1. The van der Waals surface area contributed by atoms with E-state index in [1.165, 1.54) is 16.9 Å². The smallest absolute Gasteiger partial charge is 0.230 e. The second kappa shape index (κ2) is 8.69. The molecule has 28 heavy (non-hydrogen) atoms. The zero-order valence-corrected chi connectivity index (χ0v) is 17.3. The fraction of sp³-hybridized carbons (Fsp3) is 0.524. The summed E-state index contributed by atoms with van der Waals surface area (Å²) < 4.78 is 11.3. The van der Waals surface area contributed by atoms with Crippen molar-refractivity contribution in [3.05, 3.63) is 40.9 Å². The van der Waals surface area contributed by atoms with Gasteiger partial charge in [0.2, 0.25) is 5.91 Å². The van der Waals surface area contributed by atoms with Gasteiger partial charge in [0.15, 0.2) is 11.4 Å². The topological polar surface area (TPSA) is 54.9 Å². The zero-order valence-electron chi connectivity index (χ0n) is 16.5. The largest absolute Gasteiger partial charge is 0.350 e. The highest BCUT2D eigenvalue weighted by Crippen LogP contribution is 2.31. The minimum Gasteiger partial charge on any atom is -0.350 e. The normalized spacial score (nSPS) is 19.2. The number of rotatable bonds is 5. The third-order valence-electron chi connectivity index (χ3n) is 5.39. The van der Waals surface area contributed by atoms with Crippen LogP contribution in [-0.4, -0.2) is 48.4 Å². The molecular weight excluding hydrogens is 374 g/mol. The van der Waals surface area contributed by atoms with E-state index in [1.54, 1.807) is 11.8 Å². The highest BCUT2D eigenvalue weighted by molar-refractivity contribution is 7.14. The van der Waals surface area contributed by atoms with E-state index in [1.807, 2.05) is 31.2 Å². The molecule has 4 rings (SSSR count). The molecule has 0 N–H and O–H groups in total. The molecule has 2 aromatic rings. The molecule has 2 aliphatic rings. The fourth-order valence-corrected chi connectivity index (χ4v) is 4.73. The summed E-state index contributed by atoms with van der Waals surface area (Å²) in [5.41, 5.74) is 3.05. The first-order valence-corrected chi connectivity index (χ1v) is 10.8. The van der Waals surface area contributed by atoms with Gasteiger partial charge in [-0.2, -0.15) is 0 Å². The lowest BCUT2D eigenvalue weighted by molar-refractivity contribution is -0.115. The number of nitrogens with zero attached hydrogens (tertiary/aromatic N) is 3. The number of hydrogen-bond acceptors (Lipinski definition) is 6. The summed E-state index contributed by atoms with van der Waals surface area (Å²) in [6.45, 7) is 7.93. The number of benzene rings is 1. The summed E-state index contributed by atoms with van der Waals surface area (Å²) >= 11 is 1.52. The number of carbonyl (C=O) groups is 1. The van der Waals surface area contributed by atoms with Gasteiger partial charge in [-0.15, -0.1) is 11.3 Å². The molecule has 2 aliphatic heterocycles. The number of thiazole rings is 1. The number of likely N-dealkylation sites (tertiary alicyclic amines) is 1. The Balaban J connectivity index is 1.38. The number of piperidine rings is 1. The minimum atomic E-state index is -0.0258. The Morgan fingerprint density at radius 3 is 2.54 bits per heavy atom. The van der Waals surface area contributed by atoms with Crippen LogP contribution >= 0.6 is 11.3 Å². The van der Waals surface area contributed by atoms with E-state index in [9.17, 15) is 4.79 Å². The Morgan fingerprint density at radius 2 is 1.89 bits per heavy atom. The molecule has 0 bridgehead atoms. The molecule has 0 aliphatic carbocycles. The molecule has 7 heteroatoms. The number of ether oxygens (including phenoxy) is 2. The SMILES string of the molecule is CC(=O)N(c1ccc(C)cc1)c1nc(CN2CCC(C3OCCO3)CC2)cs1. The van der Waals surface area contributed by atoms with Crippen molar-refractivity contribution in [2.45, 2.75) is 39.5 Å². The van der Waals surface area contributed by atoms with Gasteiger partial charge in [0.1, 0.15) is 0 Å². The average Bonchev–Trinajstić information content (AvgIpc) is 3.37. The van der Waals surface area contributed by atoms with Crippen LogP contribution in [0.3, 0.4) is 0 Å². The van der Waals surface area contributed by atoms with Crippen LogP contribution in [0.15, 0.2) is 29.6 Å². The van der Waals surface area contributed by atoms with Gasteiger partial charge in [0.05, 0.1) is 24.6 Å². The zero-order chi connectivity index (χ0) is 19.5. The monoisotopic (exact) mass is 401 g/mol. The van der Waals surface area contributed by atoms with Gasteiger partial charge >= 0.3 is 0 Å². The number of aryl methyl sites for hydroxylation is 1. The van der Waals surface area contributed by atoms with Crippen molar-refractivity contribution >= 4 is 28.1 Å². The van der Waals surface area contributed by atoms with Crippen LogP contribution in [-0.2, 0) is 20.8 Å². The molecule has 150 valence electrons. The van der Waals surface area contributed by atoms with E-state index in [4.69, 9.17) is 14.5 Å². The molecule has 0 unspecified atom stereocenters. The second-order valence-corrected chi connectivity index (χ2v) is 8.37. The summed E-state index contributed by atoms with van der Waals surface area (Å²) in [6.07, 6.45) is 2.17.